The summed E-state index contributed by atoms with van der Waals surface area (Å²) < 4.78 is 26.9. The highest BCUT2D eigenvalue weighted by atomic mass is 19.1. The molecule has 2 saturated heterocycles. The molecule has 6 rings (SSSR count). The van der Waals surface area contributed by atoms with Crippen molar-refractivity contribution in [3.05, 3.63) is 30.2 Å². The first kappa shape index (κ1) is 18.0. The maximum absolute atomic E-state index is 14.0. The second-order valence-corrected chi connectivity index (χ2v) is 8.56. The summed E-state index contributed by atoms with van der Waals surface area (Å²) in [7, 11) is 0. The van der Waals surface area contributed by atoms with Crippen molar-refractivity contribution >= 4 is 16.8 Å². The van der Waals surface area contributed by atoms with E-state index in [0.717, 1.165) is 29.4 Å². The first-order valence-corrected chi connectivity index (χ1v) is 10.5. The van der Waals surface area contributed by atoms with Gasteiger partial charge in [0.25, 0.3) is 5.91 Å². The molecule has 30 heavy (non-hydrogen) atoms. The van der Waals surface area contributed by atoms with Crippen LogP contribution in [0.4, 0.5) is 4.39 Å². The number of pyridine rings is 1. The lowest BCUT2D eigenvalue weighted by molar-refractivity contribution is -0.139. The number of hydrogen-bond donors (Lipinski definition) is 0. The Bertz CT molecular complexity index is 1110. The zero-order valence-electron chi connectivity index (χ0n) is 16.5. The van der Waals surface area contributed by atoms with E-state index >= 15 is 0 Å². The molecule has 3 aromatic heterocycles. The third kappa shape index (κ3) is 2.91. The summed E-state index contributed by atoms with van der Waals surface area (Å²) in [6, 6.07) is 4.17. The summed E-state index contributed by atoms with van der Waals surface area (Å²) in [4.78, 5) is 18.4. The van der Waals surface area contributed by atoms with Crippen LogP contribution in [-0.4, -0.2) is 62.7 Å². The fraction of sp³-hybridized carbons (Fsp3) is 0.524. The molecule has 5 heterocycles. The molecule has 2 aliphatic heterocycles. The van der Waals surface area contributed by atoms with E-state index in [4.69, 9.17) is 9.26 Å². The average Bonchev–Trinajstić information content (AvgIpc) is 3.15. The molecule has 9 heteroatoms. The summed E-state index contributed by atoms with van der Waals surface area (Å²) in [6.45, 7) is 2.46. The number of fused-ring (bicyclic) bond motifs is 1. The number of ether oxygens (including phenoxy) is 1. The first-order valence-electron chi connectivity index (χ1n) is 10.5. The van der Waals surface area contributed by atoms with Gasteiger partial charge in [0.1, 0.15) is 5.69 Å². The van der Waals surface area contributed by atoms with E-state index in [9.17, 15) is 9.18 Å². The van der Waals surface area contributed by atoms with Crippen molar-refractivity contribution in [1.29, 1.82) is 0 Å². The minimum Gasteiger partial charge on any atom is -0.377 e. The largest absolute Gasteiger partial charge is 0.377 e. The Kier molecular flexibility index (Phi) is 3.96. The molecule has 0 radical (unpaired) electrons. The van der Waals surface area contributed by atoms with Gasteiger partial charge in [0.2, 0.25) is 0 Å². The van der Waals surface area contributed by atoms with E-state index in [2.05, 4.69) is 15.2 Å². The number of aromatic nitrogens is 4. The fourth-order valence-corrected chi connectivity index (χ4v) is 4.32. The SMILES string of the molecule is O=C(N1CCC(c2cc(-c3cc4c(cn3)cnn4C3COC3)on2)CC1)C1(F)CC1. The third-order valence-corrected chi connectivity index (χ3v) is 6.50. The lowest BCUT2D eigenvalue weighted by atomic mass is 9.93. The van der Waals surface area contributed by atoms with Crippen LogP contribution < -0.4 is 0 Å². The van der Waals surface area contributed by atoms with Gasteiger partial charge in [-0.05, 0) is 31.7 Å². The second-order valence-electron chi connectivity index (χ2n) is 8.56. The predicted molar refractivity (Wildman–Crippen MR) is 105 cm³/mol. The Morgan fingerprint density at radius 2 is 1.97 bits per heavy atom. The van der Waals surface area contributed by atoms with Crippen molar-refractivity contribution in [2.45, 2.75) is 43.3 Å². The predicted octanol–water partition coefficient (Wildman–Crippen LogP) is 2.87. The van der Waals surface area contributed by atoms with Gasteiger partial charge in [-0.3, -0.25) is 14.5 Å². The fourth-order valence-electron chi connectivity index (χ4n) is 4.32. The highest BCUT2D eigenvalue weighted by molar-refractivity contribution is 5.88. The molecule has 3 fully saturated rings. The number of hydrogen-bond acceptors (Lipinski definition) is 6. The number of likely N-dealkylation sites (tertiary alicyclic amines) is 1. The highest BCUT2D eigenvalue weighted by Gasteiger charge is 2.53. The zero-order valence-corrected chi connectivity index (χ0v) is 16.5. The minimum absolute atomic E-state index is 0.197. The molecule has 3 aromatic rings. The molecular formula is C21H22FN5O3. The molecule has 0 aromatic carbocycles. The molecule has 1 amide bonds. The van der Waals surface area contributed by atoms with E-state index in [1.807, 2.05) is 23.0 Å². The number of piperidine rings is 1. The Morgan fingerprint density at radius 3 is 2.67 bits per heavy atom. The number of carbonyl (C=O) groups is 1. The van der Waals surface area contributed by atoms with Crippen molar-refractivity contribution in [2.75, 3.05) is 26.3 Å². The molecule has 1 aliphatic carbocycles. The molecular weight excluding hydrogens is 389 g/mol. The van der Waals surface area contributed by atoms with Gasteiger partial charge in [0, 0.05) is 36.7 Å². The summed E-state index contributed by atoms with van der Waals surface area (Å²) in [5.74, 6) is 0.471. The van der Waals surface area contributed by atoms with Gasteiger partial charge in [-0.25, -0.2) is 4.39 Å². The highest BCUT2D eigenvalue weighted by Crippen LogP contribution is 2.42. The van der Waals surface area contributed by atoms with Crippen LogP contribution in [0.2, 0.25) is 0 Å². The molecule has 0 unspecified atom stereocenters. The molecule has 0 N–H and O–H groups in total. The van der Waals surface area contributed by atoms with Crippen molar-refractivity contribution in [3.8, 4) is 11.5 Å². The molecule has 8 nitrogen and oxygen atoms in total. The molecule has 3 aliphatic rings. The quantitative estimate of drug-likeness (QED) is 0.656. The van der Waals surface area contributed by atoms with E-state index in [1.165, 1.54) is 0 Å². The molecule has 1 saturated carbocycles. The van der Waals surface area contributed by atoms with Gasteiger partial charge in [0.05, 0.1) is 36.7 Å². The maximum Gasteiger partial charge on any atom is 0.260 e. The number of rotatable bonds is 4. The van der Waals surface area contributed by atoms with Crippen molar-refractivity contribution in [3.63, 3.8) is 0 Å². The number of carbonyl (C=O) groups excluding carboxylic acids is 1. The summed E-state index contributed by atoms with van der Waals surface area (Å²) in [5.41, 5.74) is 0.986. The number of halogens is 1. The standard InChI is InChI=1S/C21H22FN5O3/c22-21(3-4-21)20(28)26-5-1-13(2-6-26)16-8-19(30-25-16)17-7-18-14(9-23-17)10-24-27(18)15-11-29-12-15/h7-10,13,15H,1-6,11-12H2. The smallest absolute Gasteiger partial charge is 0.260 e. The van der Waals surface area contributed by atoms with Crippen molar-refractivity contribution in [2.24, 2.45) is 0 Å². The third-order valence-electron chi connectivity index (χ3n) is 6.50. The van der Waals surface area contributed by atoms with Crippen LogP contribution in [-0.2, 0) is 9.53 Å². The van der Waals surface area contributed by atoms with Crippen LogP contribution >= 0.6 is 0 Å². The Balaban J connectivity index is 1.19. The van der Waals surface area contributed by atoms with Crippen LogP contribution in [0.3, 0.4) is 0 Å². The maximum atomic E-state index is 14.0. The molecule has 0 atom stereocenters. The van der Waals surface area contributed by atoms with E-state index in [0.29, 0.717) is 50.6 Å². The van der Waals surface area contributed by atoms with Crippen LogP contribution in [0.25, 0.3) is 22.4 Å². The van der Waals surface area contributed by atoms with Crippen LogP contribution in [0, 0.1) is 0 Å². The van der Waals surface area contributed by atoms with Crippen LogP contribution in [0.5, 0.6) is 0 Å². The minimum atomic E-state index is -1.59. The van der Waals surface area contributed by atoms with Gasteiger partial charge < -0.3 is 14.2 Å². The zero-order chi connectivity index (χ0) is 20.3. The molecule has 0 bridgehead atoms. The van der Waals surface area contributed by atoms with Gasteiger partial charge in [0.15, 0.2) is 11.4 Å². The lowest BCUT2D eigenvalue weighted by Crippen LogP contribution is -2.43. The van der Waals surface area contributed by atoms with Gasteiger partial charge >= 0.3 is 0 Å². The normalized spacial score (nSPS) is 21.7. The van der Waals surface area contributed by atoms with E-state index < -0.39 is 5.67 Å². The van der Waals surface area contributed by atoms with Crippen molar-refractivity contribution in [1.82, 2.24) is 24.8 Å². The number of amides is 1. The van der Waals surface area contributed by atoms with Crippen molar-refractivity contribution < 1.29 is 18.4 Å². The Hall–Kier alpha value is -2.81. The van der Waals surface area contributed by atoms with Gasteiger partial charge in [-0.1, -0.05) is 5.16 Å². The van der Waals surface area contributed by atoms with E-state index in [1.54, 1.807) is 11.1 Å². The van der Waals surface area contributed by atoms with Crippen LogP contribution in [0.15, 0.2) is 29.0 Å². The monoisotopic (exact) mass is 411 g/mol. The summed E-state index contributed by atoms with van der Waals surface area (Å²) in [6.07, 6.45) is 5.85. The van der Waals surface area contributed by atoms with Gasteiger partial charge in [-0.2, -0.15) is 5.10 Å². The molecule has 0 spiro atoms. The summed E-state index contributed by atoms with van der Waals surface area (Å²) >= 11 is 0. The lowest BCUT2D eigenvalue weighted by Gasteiger charge is -2.32. The number of nitrogens with zero attached hydrogens (tertiary/aromatic N) is 5. The Morgan fingerprint density at radius 1 is 1.17 bits per heavy atom. The average molecular weight is 411 g/mol. The molecule has 156 valence electrons. The number of alkyl halides is 1. The van der Waals surface area contributed by atoms with E-state index in [-0.39, 0.29) is 17.9 Å². The van der Waals surface area contributed by atoms with Crippen LogP contribution in [0.1, 0.15) is 43.3 Å². The second kappa shape index (κ2) is 6.60. The summed E-state index contributed by atoms with van der Waals surface area (Å²) in [5, 5.41) is 9.71. The topological polar surface area (TPSA) is 86.3 Å². The van der Waals surface area contributed by atoms with Gasteiger partial charge in [-0.15, -0.1) is 0 Å². The Labute approximate surface area is 172 Å². The first-order chi connectivity index (χ1) is 14.6.